The monoisotopic (exact) mass is 246 g/mol. The van der Waals surface area contributed by atoms with Crippen LogP contribution in [0.5, 0.6) is 0 Å². The first-order valence-corrected chi connectivity index (χ1v) is 5.62. The van der Waals surface area contributed by atoms with Gasteiger partial charge in [-0.15, -0.1) is 0 Å². The number of rotatable bonds is 4. The Morgan fingerprint density at radius 1 is 1.39 bits per heavy atom. The lowest BCUT2D eigenvalue weighted by atomic mass is 10.2. The molecular formula is C12H14N4O2. The topological polar surface area (TPSA) is 87.0 Å². The Kier molecular flexibility index (Phi) is 3.38. The third-order valence-electron chi connectivity index (χ3n) is 2.83. The molecule has 0 aliphatic rings. The Labute approximate surface area is 104 Å². The summed E-state index contributed by atoms with van der Waals surface area (Å²) in [6.45, 7) is 2.53. The molecule has 0 atom stereocenters. The smallest absolute Gasteiger partial charge is 0.269 e. The van der Waals surface area contributed by atoms with E-state index in [2.05, 4.69) is 5.10 Å². The van der Waals surface area contributed by atoms with Crippen molar-refractivity contribution in [2.75, 3.05) is 6.54 Å². The minimum absolute atomic E-state index is 0.0748. The number of benzene rings is 1. The van der Waals surface area contributed by atoms with Crippen molar-refractivity contribution in [2.45, 2.75) is 13.3 Å². The van der Waals surface area contributed by atoms with Gasteiger partial charge in [-0.05, 0) is 37.6 Å². The molecule has 94 valence electrons. The van der Waals surface area contributed by atoms with Gasteiger partial charge >= 0.3 is 0 Å². The first-order chi connectivity index (χ1) is 8.63. The average Bonchev–Trinajstić information content (AvgIpc) is 2.72. The van der Waals surface area contributed by atoms with Crippen molar-refractivity contribution in [1.82, 2.24) is 9.78 Å². The summed E-state index contributed by atoms with van der Waals surface area (Å²) in [6, 6.07) is 6.31. The molecule has 6 nitrogen and oxygen atoms in total. The summed E-state index contributed by atoms with van der Waals surface area (Å²) in [7, 11) is 0. The molecule has 2 aromatic rings. The zero-order valence-corrected chi connectivity index (χ0v) is 10.0. The van der Waals surface area contributed by atoms with Crippen molar-refractivity contribution < 1.29 is 4.92 Å². The van der Waals surface area contributed by atoms with Crippen LogP contribution in [0.2, 0.25) is 0 Å². The van der Waals surface area contributed by atoms with Gasteiger partial charge in [0.25, 0.3) is 5.69 Å². The molecule has 18 heavy (non-hydrogen) atoms. The number of aromatic nitrogens is 2. The summed E-state index contributed by atoms with van der Waals surface area (Å²) in [5, 5.41) is 14.8. The van der Waals surface area contributed by atoms with Crippen LogP contribution >= 0.6 is 0 Å². The maximum absolute atomic E-state index is 10.6. The van der Waals surface area contributed by atoms with Crippen LogP contribution in [0.4, 0.5) is 5.69 Å². The fourth-order valence-corrected chi connectivity index (χ4v) is 1.82. The summed E-state index contributed by atoms with van der Waals surface area (Å²) < 4.78 is 1.76. The summed E-state index contributed by atoms with van der Waals surface area (Å²) in [5.74, 6) is 0. The van der Waals surface area contributed by atoms with Gasteiger partial charge in [0.05, 0.1) is 16.8 Å². The van der Waals surface area contributed by atoms with E-state index in [1.807, 2.05) is 6.92 Å². The van der Waals surface area contributed by atoms with E-state index in [4.69, 9.17) is 5.73 Å². The van der Waals surface area contributed by atoms with Gasteiger partial charge in [0.15, 0.2) is 0 Å². The van der Waals surface area contributed by atoms with Gasteiger partial charge in [0, 0.05) is 17.8 Å². The van der Waals surface area contributed by atoms with E-state index in [-0.39, 0.29) is 5.69 Å². The van der Waals surface area contributed by atoms with Crippen molar-refractivity contribution in [1.29, 1.82) is 0 Å². The largest absolute Gasteiger partial charge is 0.330 e. The number of hydrogen-bond acceptors (Lipinski definition) is 4. The SMILES string of the molecule is Cc1c(CCN)cnn1-c1ccc([N+](=O)[O-])cc1. The highest BCUT2D eigenvalue weighted by Gasteiger charge is 2.09. The van der Waals surface area contributed by atoms with Crippen LogP contribution in [0.1, 0.15) is 11.3 Å². The molecule has 0 fully saturated rings. The predicted molar refractivity (Wildman–Crippen MR) is 67.7 cm³/mol. The molecule has 0 saturated heterocycles. The van der Waals surface area contributed by atoms with Gasteiger partial charge in [0.1, 0.15) is 0 Å². The second-order valence-electron chi connectivity index (χ2n) is 3.98. The van der Waals surface area contributed by atoms with Gasteiger partial charge in [0.2, 0.25) is 0 Å². The Bertz CT molecular complexity index is 560. The fraction of sp³-hybridized carbons (Fsp3) is 0.250. The minimum Gasteiger partial charge on any atom is -0.330 e. The maximum atomic E-state index is 10.6. The normalized spacial score (nSPS) is 10.6. The lowest BCUT2D eigenvalue weighted by Crippen LogP contribution is -2.04. The van der Waals surface area contributed by atoms with Crippen LogP contribution < -0.4 is 5.73 Å². The highest BCUT2D eigenvalue weighted by molar-refractivity contribution is 5.41. The molecule has 0 saturated carbocycles. The predicted octanol–water partition coefficient (Wildman–Crippen LogP) is 1.59. The highest BCUT2D eigenvalue weighted by Crippen LogP contribution is 2.18. The third kappa shape index (κ3) is 2.23. The fourth-order valence-electron chi connectivity index (χ4n) is 1.82. The number of nitrogens with zero attached hydrogens (tertiary/aromatic N) is 3. The van der Waals surface area contributed by atoms with E-state index in [0.717, 1.165) is 23.4 Å². The molecule has 0 aliphatic heterocycles. The standard InChI is InChI=1S/C12H14N4O2/c1-9-10(6-7-13)8-14-15(9)11-2-4-12(5-3-11)16(17)18/h2-5,8H,6-7,13H2,1H3. The van der Waals surface area contributed by atoms with Gasteiger partial charge in [-0.2, -0.15) is 5.10 Å². The van der Waals surface area contributed by atoms with E-state index in [1.54, 1.807) is 23.0 Å². The number of nitrogens with two attached hydrogens (primary N) is 1. The van der Waals surface area contributed by atoms with E-state index >= 15 is 0 Å². The molecule has 0 spiro atoms. The molecule has 0 aliphatic carbocycles. The second kappa shape index (κ2) is 4.97. The molecule has 1 heterocycles. The van der Waals surface area contributed by atoms with Crippen LogP contribution in [0.3, 0.4) is 0 Å². The third-order valence-corrected chi connectivity index (χ3v) is 2.83. The van der Waals surface area contributed by atoms with E-state index in [0.29, 0.717) is 6.54 Å². The summed E-state index contributed by atoms with van der Waals surface area (Å²) in [6.07, 6.45) is 2.56. The summed E-state index contributed by atoms with van der Waals surface area (Å²) in [4.78, 5) is 10.2. The van der Waals surface area contributed by atoms with E-state index < -0.39 is 4.92 Å². The second-order valence-corrected chi connectivity index (χ2v) is 3.98. The molecule has 1 aromatic heterocycles. The van der Waals surface area contributed by atoms with Gasteiger partial charge < -0.3 is 5.73 Å². The van der Waals surface area contributed by atoms with Crippen LogP contribution in [0.15, 0.2) is 30.5 Å². The Morgan fingerprint density at radius 2 is 2.06 bits per heavy atom. The van der Waals surface area contributed by atoms with Crippen LogP contribution in [-0.2, 0) is 6.42 Å². The van der Waals surface area contributed by atoms with Gasteiger partial charge in [-0.1, -0.05) is 0 Å². The van der Waals surface area contributed by atoms with Gasteiger partial charge in [-0.25, -0.2) is 4.68 Å². The molecule has 0 bridgehead atoms. The highest BCUT2D eigenvalue weighted by atomic mass is 16.6. The van der Waals surface area contributed by atoms with Crippen molar-refractivity contribution in [3.8, 4) is 5.69 Å². The first-order valence-electron chi connectivity index (χ1n) is 5.62. The molecule has 0 radical (unpaired) electrons. The van der Waals surface area contributed by atoms with Crippen molar-refractivity contribution >= 4 is 5.69 Å². The molecule has 6 heteroatoms. The van der Waals surface area contributed by atoms with E-state index in [1.165, 1.54) is 12.1 Å². The molecule has 2 rings (SSSR count). The maximum Gasteiger partial charge on any atom is 0.269 e. The number of nitro benzene ring substituents is 1. The Hall–Kier alpha value is -2.21. The average molecular weight is 246 g/mol. The molecule has 1 aromatic carbocycles. The minimum atomic E-state index is -0.417. The Morgan fingerprint density at radius 3 is 2.61 bits per heavy atom. The molecule has 2 N–H and O–H groups in total. The van der Waals surface area contributed by atoms with Gasteiger partial charge in [-0.3, -0.25) is 10.1 Å². The zero-order valence-electron chi connectivity index (χ0n) is 10.0. The number of non-ortho nitro benzene ring substituents is 1. The van der Waals surface area contributed by atoms with Crippen LogP contribution in [0, 0.1) is 17.0 Å². The van der Waals surface area contributed by atoms with Crippen LogP contribution in [-0.4, -0.2) is 21.2 Å². The number of hydrogen-bond donors (Lipinski definition) is 1. The Balaban J connectivity index is 2.34. The first kappa shape index (κ1) is 12.3. The summed E-state index contributed by atoms with van der Waals surface area (Å²) >= 11 is 0. The van der Waals surface area contributed by atoms with Crippen molar-refractivity contribution in [3.63, 3.8) is 0 Å². The lowest BCUT2D eigenvalue weighted by molar-refractivity contribution is -0.384. The lowest BCUT2D eigenvalue weighted by Gasteiger charge is -2.04. The van der Waals surface area contributed by atoms with E-state index in [9.17, 15) is 10.1 Å². The number of nitro groups is 1. The molecular weight excluding hydrogens is 232 g/mol. The molecule has 0 amide bonds. The molecule has 0 unspecified atom stereocenters. The van der Waals surface area contributed by atoms with Crippen LogP contribution in [0.25, 0.3) is 5.69 Å². The summed E-state index contributed by atoms with van der Waals surface area (Å²) in [5.41, 5.74) is 8.50. The quantitative estimate of drug-likeness (QED) is 0.655. The van der Waals surface area contributed by atoms with Crippen molar-refractivity contribution in [3.05, 3.63) is 51.8 Å². The zero-order chi connectivity index (χ0) is 13.1. The van der Waals surface area contributed by atoms with Crippen molar-refractivity contribution in [2.24, 2.45) is 5.73 Å².